The molecule has 1 aromatic heterocycles. The van der Waals surface area contributed by atoms with Gasteiger partial charge in [0.1, 0.15) is 0 Å². The van der Waals surface area contributed by atoms with Gasteiger partial charge < -0.3 is 5.11 Å². The van der Waals surface area contributed by atoms with Crippen molar-refractivity contribution in [2.45, 2.75) is 12.5 Å². The van der Waals surface area contributed by atoms with Crippen LogP contribution in [0.1, 0.15) is 16.5 Å². The molecular formula is C12H9Br2ClOS. The quantitative estimate of drug-likeness (QED) is 0.756. The second-order valence-corrected chi connectivity index (χ2v) is 7.26. The van der Waals surface area contributed by atoms with Crippen molar-refractivity contribution in [2.75, 3.05) is 0 Å². The maximum absolute atomic E-state index is 10.2. The first-order valence-corrected chi connectivity index (χ1v) is 7.71. The molecule has 0 bridgehead atoms. The molecule has 0 aliphatic carbocycles. The molecule has 2 aromatic rings. The zero-order chi connectivity index (χ0) is 12.4. The smallest absolute Gasteiger partial charge is 0.0931 e. The molecule has 0 aliphatic rings. The summed E-state index contributed by atoms with van der Waals surface area (Å²) in [7, 11) is 0. The van der Waals surface area contributed by atoms with Crippen LogP contribution in [0.2, 0.25) is 4.34 Å². The van der Waals surface area contributed by atoms with E-state index in [-0.39, 0.29) is 0 Å². The molecule has 0 amide bonds. The van der Waals surface area contributed by atoms with E-state index in [0.717, 1.165) is 23.7 Å². The summed E-state index contributed by atoms with van der Waals surface area (Å²) in [6, 6.07) is 9.59. The standard InChI is InChI=1S/C12H9Br2ClOS/c13-8-3-7(4-9(14)5-8)11(16)6-10-1-2-12(15)17-10/h1-5,11,16H,6H2. The molecule has 5 heteroatoms. The minimum absolute atomic E-state index is 0.515. The van der Waals surface area contributed by atoms with Gasteiger partial charge in [-0.25, -0.2) is 0 Å². The van der Waals surface area contributed by atoms with E-state index in [2.05, 4.69) is 31.9 Å². The van der Waals surface area contributed by atoms with Crippen LogP contribution in [0.5, 0.6) is 0 Å². The Morgan fingerprint density at radius 1 is 1.18 bits per heavy atom. The molecule has 2 rings (SSSR count). The fraction of sp³-hybridized carbons (Fsp3) is 0.167. The van der Waals surface area contributed by atoms with Crippen LogP contribution in [-0.4, -0.2) is 5.11 Å². The van der Waals surface area contributed by atoms with Gasteiger partial charge in [0.15, 0.2) is 0 Å². The highest BCUT2D eigenvalue weighted by Gasteiger charge is 2.11. The Labute approximate surface area is 126 Å². The van der Waals surface area contributed by atoms with Crippen LogP contribution in [0.4, 0.5) is 0 Å². The number of rotatable bonds is 3. The van der Waals surface area contributed by atoms with E-state index in [4.69, 9.17) is 11.6 Å². The molecule has 0 saturated carbocycles. The van der Waals surface area contributed by atoms with Crippen molar-refractivity contribution in [3.05, 3.63) is 54.1 Å². The van der Waals surface area contributed by atoms with Gasteiger partial charge in [0, 0.05) is 20.2 Å². The lowest BCUT2D eigenvalue weighted by Crippen LogP contribution is -2.00. The lowest BCUT2D eigenvalue weighted by molar-refractivity contribution is 0.179. The van der Waals surface area contributed by atoms with Crippen molar-refractivity contribution < 1.29 is 5.11 Å². The number of hydrogen-bond acceptors (Lipinski definition) is 2. The third kappa shape index (κ3) is 3.80. The monoisotopic (exact) mass is 394 g/mol. The number of thiophene rings is 1. The SMILES string of the molecule is OC(Cc1ccc(Cl)s1)c1cc(Br)cc(Br)c1. The molecule has 0 radical (unpaired) electrons. The minimum atomic E-state index is -0.515. The van der Waals surface area contributed by atoms with Crippen LogP contribution < -0.4 is 0 Å². The second-order valence-electron chi connectivity index (χ2n) is 3.63. The summed E-state index contributed by atoms with van der Waals surface area (Å²) < 4.78 is 2.65. The summed E-state index contributed by atoms with van der Waals surface area (Å²) >= 11 is 14.2. The van der Waals surface area contributed by atoms with Crippen LogP contribution >= 0.6 is 54.8 Å². The van der Waals surface area contributed by atoms with Crippen LogP contribution in [0.15, 0.2) is 39.3 Å². The third-order valence-corrected chi connectivity index (χ3v) is 4.46. The van der Waals surface area contributed by atoms with Crippen LogP contribution in [-0.2, 0) is 6.42 Å². The average molecular weight is 397 g/mol. The van der Waals surface area contributed by atoms with E-state index in [1.807, 2.05) is 30.3 Å². The molecule has 1 nitrogen and oxygen atoms in total. The summed E-state index contributed by atoms with van der Waals surface area (Å²) in [4.78, 5) is 1.08. The molecule has 1 atom stereocenters. The Hall–Kier alpha value is 0.130. The average Bonchev–Trinajstić information content (AvgIpc) is 2.62. The first-order chi connectivity index (χ1) is 8.04. The summed E-state index contributed by atoms with van der Waals surface area (Å²) in [5.74, 6) is 0. The van der Waals surface area contributed by atoms with Crippen molar-refractivity contribution in [1.82, 2.24) is 0 Å². The number of benzene rings is 1. The highest BCUT2D eigenvalue weighted by molar-refractivity contribution is 9.11. The van der Waals surface area contributed by atoms with Gasteiger partial charge in [0.05, 0.1) is 10.4 Å². The lowest BCUT2D eigenvalue weighted by Gasteiger charge is -2.10. The second kappa shape index (κ2) is 5.85. The minimum Gasteiger partial charge on any atom is -0.388 e. The number of aliphatic hydroxyl groups is 1. The summed E-state index contributed by atoms with van der Waals surface area (Å²) in [6.07, 6.45) is 0.0683. The maximum atomic E-state index is 10.2. The molecule has 1 heterocycles. The number of aliphatic hydroxyl groups excluding tert-OH is 1. The zero-order valence-electron chi connectivity index (χ0n) is 8.66. The molecule has 1 N–H and O–H groups in total. The van der Waals surface area contributed by atoms with Crippen LogP contribution in [0, 0.1) is 0 Å². The van der Waals surface area contributed by atoms with Crippen LogP contribution in [0.3, 0.4) is 0 Å². The van der Waals surface area contributed by atoms with Crippen molar-refractivity contribution in [3.8, 4) is 0 Å². The Bertz CT molecular complexity index is 507. The highest BCUT2D eigenvalue weighted by Crippen LogP contribution is 2.29. The lowest BCUT2D eigenvalue weighted by atomic mass is 10.1. The van der Waals surface area contributed by atoms with Gasteiger partial charge in [-0.2, -0.15) is 0 Å². The molecule has 1 aromatic carbocycles. The number of hydrogen-bond donors (Lipinski definition) is 1. The zero-order valence-corrected chi connectivity index (χ0v) is 13.4. The van der Waals surface area contributed by atoms with Gasteiger partial charge in [-0.05, 0) is 35.9 Å². The third-order valence-electron chi connectivity index (χ3n) is 2.29. The van der Waals surface area contributed by atoms with Crippen molar-refractivity contribution in [1.29, 1.82) is 0 Å². The van der Waals surface area contributed by atoms with Gasteiger partial charge >= 0.3 is 0 Å². The molecule has 0 saturated heterocycles. The first-order valence-electron chi connectivity index (χ1n) is 4.93. The fourth-order valence-corrected chi connectivity index (χ4v) is 3.99. The normalized spacial score (nSPS) is 12.7. The molecule has 1 unspecified atom stereocenters. The van der Waals surface area contributed by atoms with E-state index in [0.29, 0.717) is 6.42 Å². The van der Waals surface area contributed by atoms with E-state index in [1.54, 1.807) is 0 Å². The predicted molar refractivity (Wildman–Crippen MR) is 79.8 cm³/mol. The van der Waals surface area contributed by atoms with Gasteiger partial charge in [0.25, 0.3) is 0 Å². The van der Waals surface area contributed by atoms with Gasteiger partial charge in [-0.1, -0.05) is 43.5 Å². The van der Waals surface area contributed by atoms with E-state index < -0.39 is 6.10 Å². The highest BCUT2D eigenvalue weighted by atomic mass is 79.9. The molecule has 0 spiro atoms. The summed E-state index contributed by atoms with van der Waals surface area (Å²) in [5.41, 5.74) is 0.885. The van der Waals surface area contributed by atoms with E-state index in [1.165, 1.54) is 11.3 Å². The summed E-state index contributed by atoms with van der Waals surface area (Å²) in [5, 5.41) is 10.2. The fourth-order valence-electron chi connectivity index (χ4n) is 1.54. The largest absolute Gasteiger partial charge is 0.388 e. The van der Waals surface area contributed by atoms with E-state index >= 15 is 0 Å². The Morgan fingerprint density at radius 3 is 2.35 bits per heavy atom. The van der Waals surface area contributed by atoms with E-state index in [9.17, 15) is 5.11 Å². The maximum Gasteiger partial charge on any atom is 0.0931 e. The van der Waals surface area contributed by atoms with Crippen molar-refractivity contribution in [2.24, 2.45) is 0 Å². The van der Waals surface area contributed by atoms with Gasteiger partial charge in [0.2, 0.25) is 0 Å². The van der Waals surface area contributed by atoms with Gasteiger partial charge in [-0.15, -0.1) is 11.3 Å². The molecule has 0 aliphatic heterocycles. The van der Waals surface area contributed by atoms with Crippen molar-refractivity contribution in [3.63, 3.8) is 0 Å². The number of halogens is 3. The summed E-state index contributed by atoms with van der Waals surface area (Å²) in [6.45, 7) is 0. The topological polar surface area (TPSA) is 20.2 Å². The Morgan fingerprint density at radius 2 is 1.82 bits per heavy atom. The van der Waals surface area contributed by atoms with Gasteiger partial charge in [-0.3, -0.25) is 0 Å². The Balaban J connectivity index is 2.16. The first kappa shape index (κ1) is 13.6. The van der Waals surface area contributed by atoms with Crippen molar-refractivity contribution >= 4 is 54.8 Å². The molecule has 0 fully saturated rings. The van der Waals surface area contributed by atoms with Crippen LogP contribution in [0.25, 0.3) is 0 Å². The Kier molecular flexibility index (Phi) is 4.66. The molecular weight excluding hydrogens is 387 g/mol. The molecule has 90 valence electrons. The molecule has 17 heavy (non-hydrogen) atoms. The predicted octanol–water partition coefficient (Wildman–Crippen LogP) is 5.20.